The average molecular weight is 279 g/mol. The minimum Gasteiger partial charge on any atom is -0.477 e. The first-order chi connectivity index (χ1) is 9.72. The van der Waals surface area contributed by atoms with Crippen molar-refractivity contribution in [1.29, 1.82) is 0 Å². The van der Waals surface area contributed by atoms with E-state index in [2.05, 4.69) is 36.1 Å². The molecule has 1 aliphatic rings. The van der Waals surface area contributed by atoms with Crippen LogP contribution >= 0.6 is 0 Å². The van der Waals surface area contributed by atoms with E-state index in [-0.39, 0.29) is 0 Å². The summed E-state index contributed by atoms with van der Waals surface area (Å²) in [5, 5.41) is 3.28. The van der Waals surface area contributed by atoms with Crippen LogP contribution in [0.5, 0.6) is 5.88 Å². The van der Waals surface area contributed by atoms with E-state index in [1.54, 1.807) is 6.33 Å². The Morgan fingerprint density at radius 3 is 2.75 bits per heavy atom. The second-order valence-electron chi connectivity index (χ2n) is 5.49. The molecule has 1 saturated heterocycles. The molecule has 1 aromatic rings. The molecular formula is C15H25N3O2. The molecule has 0 atom stereocenters. The fourth-order valence-corrected chi connectivity index (χ4v) is 2.43. The second kappa shape index (κ2) is 7.43. The highest BCUT2D eigenvalue weighted by Gasteiger charge is 2.19. The molecule has 0 spiro atoms. The summed E-state index contributed by atoms with van der Waals surface area (Å²) in [5.41, 5.74) is 1.07. The molecule has 0 unspecified atom stereocenters. The normalized spacial score (nSPS) is 16.4. The van der Waals surface area contributed by atoms with Gasteiger partial charge in [-0.1, -0.05) is 13.8 Å². The second-order valence-corrected chi connectivity index (χ2v) is 5.49. The number of nitrogens with one attached hydrogen (secondary N) is 1. The third-order valence-electron chi connectivity index (χ3n) is 3.57. The van der Waals surface area contributed by atoms with Crippen molar-refractivity contribution in [2.24, 2.45) is 5.92 Å². The smallest absolute Gasteiger partial charge is 0.222 e. The topological polar surface area (TPSA) is 56.3 Å². The van der Waals surface area contributed by atoms with Crippen molar-refractivity contribution >= 4 is 5.82 Å². The Bertz CT molecular complexity index is 418. The summed E-state index contributed by atoms with van der Waals surface area (Å²) in [6, 6.07) is 0. The first-order valence-corrected chi connectivity index (χ1v) is 7.51. The van der Waals surface area contributed by atoms with Gasteiger partial charge in [-0.15, -0.1) is 0 Å². The Hall–Kier alpha value is -1.36. The van der Waals surface area contributed by atoms with Crippen LogP contribution in [0.25, 0.3) is 0 Å². The molecule has 20 heavy (non-hydrogen) atoms. The molecule has 2 heterocycles. The highest BCUT2D eigenvalue weighted by molar-refractivity contribution is 5.50. The molecule has 5 nitrogen and oxygen atoms in total. The van der Waals surface area contributed by atoms with Crippen molar-refractivity contribution in [3.63, 3.8) is 0 Å². The van der Waals surface area contributed by atoms with Gasteiger partial charge in [-0.25, -0.2) is 9.97 Å². The largest absolute Gasteiger partial charge is 0.477 e. The van der Waals surface area contributed by atoms with E-state index in [1.807, 2.05) is 0 Å². The maximum absolute atomic E-state index is 5.98. The molecule has 0 saturated carbocycles. The van der Waals surface area contributed by atoms with Crippen LogP contribution in [0.4, 0.5) is 5.82 Å². The van der Waals surface area contributed by atoms with Crippen LogP contribution in [0.1, 0.15) is 45.1 Å². The van der Waals surface area contributed by atoms with Crippen LogP contribution in [0, 0.1) is 5.92 Å². The lowest BCUT2D eigenvalue weighted by atomic mass is 10.0. The maximum Gasteiger partial charge on any atom is 0.222 e. The molecule has 0 aromatic carbocycles. The minimum atomic E-state index is 0.329. The number of rotatable bonds is 6. The van der Waals surface area contributed by atoms with Gasteiger partial charge in [0.2, 0.25) is 5.88 Å². The summed E-state index contributed by atoms with van der Waals surface area (Å²) in [5.74, 6) is 2.51. The fraction of sp³-hybridized carbons (Fsp3) is 0.733. The van der Waals surface area contributed by atoms with Gasteiger partial charge in [0.15, 0.2) is 0 Å². The van der Waals surface area contributed by atoms with Crippen LogP contribution in [0.15, 0.2) is 6.33 Å². The number of aromatic nitrogens is 2. The van der Waals surface area contributed by atoms with E-state index in [0.717, 1.165) is 49.9 Å². The van der Waals surface area contributed by atoms with Crippen LogP contribution < -0.4 is 10.1 Å². The first-order valence-electron chi connectivity index (χ1n) is 7.51. The molecule has 0 aliphatic carbocycles. The van der Waals surface area contributed by atoms with E-state index in [4.69, 9.17) is 9.47 Å². The zero-order valence-corrected chi connectivity index (χ0v) is 12.7. The average Bonchev–Trinajstić information content (AvgIpc) is 2.46. The molecule has 1 fully saturated rings. The van der Waals surface area contributed by atoms with Crippen LogP contribution in [-0.2, 0) is 4.74 Å². The van der Waals surface area contributed by atoms with E-state index in [9.17, 15) is 0 Å². The summed E-state index contributed by atoms with van der Waals surface area (Å²) in [6.07, 6.45) is 3.72. The van der Waals surface area contributed by atoms with Crippen LogP contribution in [-0.4, -0.2) is 36.3 Å². The van der Waals surface area contributed by atoms with E-state index in [1.165, 1.54) is 0 Å². The molecule has 1 aromatic heterocycles. The number of nitrogens with zero attached hydrogens (tertiary/aromatic N) is 2. The Morgan fingerprint density at radius 1 is 1.35 bits per heavy atom. The van der Waals surface area contributed by atoms with Gasteiger partial charge in [-0.3, -0.25) is 0 Å². The highest BCUT2D eigenvalue weighted by atomic mass is 16.5. The third kappa shape index (κ3) is 3.82. The number of hydrogen-bond acceptors (Lipinski definition) is 5. The van der Waals surface area contributed by atoms with Gasteiger partial charge in [-0.2, -0.15) is 0 Å². The fourth-order valence-electron chi connectivity index (χ4n) is 2.43. The Balaban J connectivity index is 2.07. The first kappa shape index (κ1) is 15.0. The molecule has 1 aliphatic heterocycles. The number of hydrogen-bond donors (Lipinski definition) is 1. The lowest BCUT2D eigenvalue weighted by Crippen LogP contribution is -2.22. The van der Waals surface area contributed by atoms with Gasteiger partial charge < -0.3 is 14.8 Å². The Morgan fingerprint density at radius 2 is 2.10 bits per heavy atom. The molecule has 0 amide bonds. The highest BCUT2D eigenvalue weighted by Crippen LogP contribution is 2.30. The molecule has 1 N–H and O–H groups in total. The monoisotopic (exact) mass is 279 g/mol. The predicted molar refractivity (Wildman–Crippen MR) is 79.3 cm³/mol. The van der Waals surface area contributed by atoms with Crippen molar-refractivity contribution in [3.05, 3.63) is 11.9 Å². The number of ether oxygens (including phenoxy) is 2. The van der Waals surface area contributed by atoms with Crippen molar-refractivity contribution in [1.82, 2.24) is 9.97 Å². The Labute approximate surface area is 121 Å². The standard InChI is InChI=1S/C15H25N3O2/c1-4-16-14-13(11(2)3)15(18-10-17-14)20-9-12-5-7-19-8-6-12/h10-12H,4-9H2,1-3H3,(H,16,17,18). The van der Waals surface area contributed by atoms with Gasteiger partial charge in [0, 0.05) is 19.8 Å². The maximum atomic E-state index is 5.98. The predicted octanol–water partition coefficient (Wildman–Crippen LogP) is 2.84. The molecule has 2 rings (SSSR count). The summed E-state index contributed by atoms with van der Waals surface area (Å²) in [7, 11) is 0. The summed E-state index contributed by atoms with van der Waals surface area (Å²) >= 11 is 0. The molecular weight excluding hydrogens is 254 g/mol. The van der Waals surface area contributed by atoms with Gasteiger partial charge in [0.05, 0.1) is 12.2 Å². The molecule has 0 radical (unpaired) electrons. The lowest BCUT2D eigenvalue weighted by molar-refractivity contribution is 0.0488. The minimum absolute atomic E-state index is 0.329. The zero-order chi connectivity index (χ0) is 14.4. The van der Waals surface area contributed by atoms with Crippen molar-refractivity contribution in [2.45, 2.75) is 39.5 Å². The van der Waals surface area contributed by atoms with Crippen LogP contribution in [0.2, 0.25) is 0 Å². The van der Waals surface area contributed by atoms with E-state index < -0.39 is 0 Å². The van der Waals surface area contributed by atoms with Crippen molar-refractivity contribution in [3.8, 4) is 5.88 Å². The van der Waals surface area contributed by atoms with Gasteiger partial charge in [-0.05, 0) is 31.6 Å². The molecule has 0 bridgehead atoms. The summed E-state index contributed by atoms with van der Waals surface area (Å²) in [6.45, 7) is 9.59. The zero-order valence-electron chi connectivity index (χ0n) is 12.7. The van der Waals surface area contributed by atoms with Crippen molar-refractivity contribution in [2.75, 3.05) is 31.7 Å². The van der Waals surface area contributed by atoms with Gasteiger partial charge >= 0.3 is 0 Å². The van der Waals surface area contributed by atoms with Gasteiger partial charge in [0.25, 0.3) is 0 Å². The van der Waals surface area contributed by atoms with Gasteiger partial charge in [0.1, 0.15) is 12.1 Å². The lowest BCUT2D eigenvalue weighted by Gasteiger charge is -2.23. The van der Waals surface area contributed by atoms with Crippen LogP contribution in [0.3, 0.4) is 0 Å². The van der Waals surface area contributed by atoms with E-state index >= 15 is 0 Å². The van der Waals surface area contributed by atoms with E-state index in [0.29, 0.717) is 18.4 Å². The van der Waals surface area contributed by atoms with Crippen molar-refractivity contribution < 1.29 is 9.47 Å². The molecule has 112 valence electrons. The number of anilines is 1. The third-order valence-corrected chi connectivity index (χ3v) is 3.57. The summed E-state index contributed by atoms with van der Waals surface area (Å²) < 4.78 is 11.4. The molecule has 5 heteroatoms. The Kier molecular flexibility index (Phi) is 5.59. The summed E-state index contributed by atoms with van der Waals surface area (Å²) in [4.78, 5) is 8.65. The quantitative estimate of drug-likeness (QED) is 0.867. The SMILES string of the molecule is CCNc1ncnc(OCC2CCOCC2)c1C(C)C.